The summed E-state index contributed by atoms with van der Waals surface area (Å²) >= 11 is 3.44. The SMILES string of the molecule is CCNc1ncnc(NC(C)C(=O)NCC(C)C)c1Br. The second-order valence-electron chi connectivity index (χ2n) is 4.92. The number of carbonyl (C=O) groups is 1. The lowest BCUT2D eigenvalue weighted by Gasteiger charge is -2.17. The monoisotopic (exact) mass is 343 g/mol. The van der Waals surface area contributed by atoms with Crippen LogP contribution in [-0.4, -0.2) is 35.0 Å². The maximum Gasteiger partial charge on any atom is 0.242 e. The molecule has 0 spiro atoms. The lowest BCUT2D eigenvalue weighted by atomic mass is 10.2. The highest BCUT2D eigenvalue weighted by atomic mass is 79.9. The zero-order valence-electron chi connectivity index (χ0n) is 12.3. The number of carbonyl (C=O) groups excluding carboxylic acids is 1. The predicted octanol–water partition coefficient (Wildman–Crippen LogP) is 2.24. The molecule has 0 fully saturated rings. The number of anilines is 2. The van der Waals surface area contributed by atoms with Crippen LogP contribution in [0.1, 0.15) is 27.7 Å². The normalized spacial score (nSPS) is 12.1. The summed E-state index contributed by atoms with van der Waals surface area (Å²) in [5, 5.41) is 9.09. The molecule has 1 amide bonds. The molecule has 6 nitrogen and oxygen atoms in total. The van der Waals surface area contributed by atoms with Crippen LogP contribution >= 0.6 is 15.9 Å². The zero-order valence-corrected chi connectivity index (χ0v) is 13.9. The van der Waals surface area contributed by atoms with E-state index in [1.807, 2.05) is 6.92 Å². The average molecular weight is 344 g/mol. The molecule has 1 rings (SSSR count). The molecule has 0 aliphatic rings. The summed E-state index contributed by atoms with van der Waals surface area (Å²) < 4.78 is 0.727. The molecule has 0 aliphatic carbocycles. The summed E-state index contributed by atoms with van der Waals surface area (Å²) in [5.74, 6) is 1.69. The molecule has 1 unspecified atom stereocenters. The Hall–Kier alpha value is -1.37. The van der Waals surface area contributed by atoms with Crippen molar-refractivity contribution in [1.82, 2.24) is 15.3 Å². The third-order valence-electron chi connectivity index (χ3n) is 2.56. The molecule has 7 heteroatoms. The van der Waals surface area contributed by atoms with E-state index in [-0.39, 0.29) is 11.9 Å². The minimum atomic E-state index is -0.366. The highest BCUT2D eigenvalue weighted by Crippen LogP contribution is 2.26. The van der Waals surface area contributed by atoms with Crippen molar-refractivity contribution in [3.8, 4) is 0 Å². The number of nitrogens with zero attached hydrogens (tertiary/aromatic N) is 2. The predicted molar refractivity (Wildman–Crippen MR) is 84.8 cm³/mol. The van der Waals surface area contributed by atoms with Gasteiger partial charge in [-0.15, -0.1) is 0 Å². The Morgan fingerprint density at radius 3 is 2.55 bits per heavy atom. The molecule has 1 aromatic rings. The number of halogens is 1. The Morgan fingerprint density at radius 2 is 1.95 bits per heavy atom. The Balaban J connectivity index is 2.68. The Bertz CT molecular complexity index is 452. The van der Waals surface area contributed by atoms with Gasteiger partial charge in [-0.25, -0.2) is 9.97 Å². The van der Waals surface area contributed by atoms with E-state index in [2.05, 4.69) is 55.7 Å². The van der Waals surface area contributed by atoms with Gasteiger partial charge in [0.25, 0.3) is 0 Å². The summed E-state index contributed by atoms with van der Waals surface area (Å²) in [7, 11) is 0. The van der Waals surface area contributed by atoms with Crippen LogP contribution < -0.4 is 16.0 Å². The third-order valence-corrected chi connectivity index (χ3v) is 3.32. The highest BCUT2D eigenvalue weighted by molar-refractivity contribution is 9.10. The first kappa shape index (κ1) is 16.7. The molecular weight excluding hydrogens is 322 g/mol. The minimum Gasteiger partial charge on any atom is -0.369 e. The van der Waals surface area contributed by atoms with Crippen LogP contribution in [0.25, 0.3) is 0 Å². The summed E-state index contributed by atoms with van der Waals surface area (Å²) in [5.41, 5.74) is 0. The summed E-state index contributed by atoms with van der Waals surface area (Å²) in [6.07, 6.45) is 1.46. The molecule has 0 saturated carbocycles. The molecule has 1 heterocycles. The number of hydrogen-bond acceptors (Lipinski definition) is 5. The maximum atomic E-state index is 11.9. The van der Waals surface area contributed by atoms with E-state index in [0.29, 0.717) is 24.1 Å². The molecule has 1 atom stereocenters. The third kappa shape index (κ3) is 4.96. The van der Waals surface area contributed by atoms with Gasteiger partial charge in [0.1, 0.15) is 28.5 Å². The van der Waals surface area contributed by atoms with Gasteiger partial charge in [-0.1, -0.05) is 13.8 Å². The number of aromatic nitrogens is 2. The van der Waals surface area contributed by atoms with Gasteiger partial charge in [0.15, 0.2) is 0 Å². The van der Waals surface area contributed by atoms with Crippen LogP contribution in [0.3, 0.4) is 0 Å². The Kier molecular flexibility index (Phi) is 6.70. The number of rotatable bonds is 7. The molecule has 20 heavy (non-hydrogen) atoms. The lowest BCUT2D eigenvalue weighted by molar-refractivity contribution is -0.121. The fraction of sp³-hybridized carbons (Fsp3) is 0.615. The van der Waals surface area contributed by atoms with E-state index < -0.39 is 0 Å². The van der Waals surface area contributed by atoms with Crippen LogP contribution in [0.2, 0.25) is 0 Å². The van der Waals surface area contributed by atoms with Gasteiger partial charge in [0.05, 0.1) is 0 Å². The Labute approximate surface area is 128 Å². The van der Waals surface area contributed by atoms with E-state index >= 15 is 0 Å². The lowest BCUT2D eigenvalue weighted by Crippen LogP contribution is -2.39. The van der Waals surface area contributed by atoms with Gasteiger partial charge in [0, 0.05) is 13.1 Å². The van der Waals surface area contributed by atoms with Crippen molar-refractivity contribution < 1.29 is 4.79 Å². The van der Waals surface area contributed by atoms with Crippen molar-refractivity contribution in [2.24, 2.45) is 5.92 Å². The first-order chi connectivity index (χ1) is 9.45. The molecule has 1 aromatic heterocycles. The van der Waals surface area contributed by atoms with Gasteiger partial charge in [-0.3, -0.25) is 4.79 Å². The van der Waals surface area contributed by atoms with Crippen molar-refractivity contribution in [3.63, 3.8) is 0 Å². The fourth-order valence-corrected chi connectivity index (χ4v) is 1.95. The summed E-state index contributed by atoms with van der Waals surface area (Å²) in [6.45, 7) is 9.34. The minimum absolute atomic E-state index is 0.0470. The summed E-state index contributed by atoms with van der Waals surface area (Å²) in [4.78, 5) is 20.2. The smallest absolute Gasteiger partial charge is 0.242 e. The van der Waals surface area contributed by atoms with E-state index in [0.717, 1.165) is 11.0 Å². The van der Waals surface area contributed by atoms with Crippen LogP contribution in [0.4, 0.5) is 11.6 Å². The fourth-order valence-electron chi connectivity index (χ4n) is 1.49. The van der Waals surface area contributed by atoms with Crippen molar-refractivity contribution in [1.29, 1.82) is 0 Å². The largest absolute Gasteiger partial charge is 0.369 e. The van der Waals surface area contributed by atoms with E-state index in [1.54, 1.807) is 6.92 Å². The van der Waals surface area contributed by atoms with Crippen molar-refractivity contribution in [3.05, 3.63) is 10.8 Å². The van der Waals surface area contributed by atoms with Crippen LogP contribution in [-0.2, 0) is 4.79 Å². The second kappa shape index (κ2) is 8.04. The zero-order chi connectivity index (χ0) is 15.1. The van der Waals surface area contributed by atoms with Gasteiger partial charge in [-0.2, -0.15) is 0 Å². The van der Waals surface area contributed by atoms with Gasteiger partial charge < -0.3 is 16.0 Å². The van der Waals surface area contributed by atoms with Crippen molar-refractivity contribution in [2.75, 3.05) is 23.7 Å². The quantitative estimate of drug-likeness (QED) is 0.707. The number of hydrogen-bond donors (Lipinski definition) is 3. The van der Waals surface area contributed by atoms with E-state index in [4.69, 9.17) is 0 Å². The molecule has 3 N–H and O–H groups in total. The van der Waals surface area contributed by atoms with Gasteiger partial charge >= 0.3 is 0 Å². The topological polar surface area (TPSA) is 78.9 Å². The van der Waals surface area contributed by atoms with Gasteiger partial charge in [0.2, 0.25) is 5.91 Å². The second-order valence-corrected chi connectivity index (χ2v) is 5.71. The van der Waals surface area contributed by atoms with Crippen LogP contribution in [0.5, 0.6) is 0 Å². The molecule has 0 bridgehead atoms. The standard InChI is InChI=1S/C13H22BrN5O/c1-5-15-11-10(14)12(18-7-17-11)19-9(4)13(20)16-6-8(2)3/h7-9H,5-6H2,1-4H3,(H,16,20)(H2,15,17,18,19). The number of nitrogens with one attached hydrogen (secondary N) is 3. The van der Waals surface area contributed by atoms with E-state index in [1.165, 1.54) is 6.33 Å². The molecular formula is C13H22BrN5O. The van der Waals surface area contributed by atoms with Crippen molar-refractivity contribution in [2.45, 2.75) is 33.7 Å². The molecule has 0 radical (unpaired) electrons. The highest BCUT2D eigenvalue weighted by Gasteiger charge is 2.16. The Morgan fingerprint density at radius 1 is 1.30 bits per heavy atom. The number of amides is 1. The average Bonchev–Trinajstić information content (AvgIpc) is 2.40. The van der Waals surface area contributed by atoms with Crippen LogP contribution in [0, 0.1) is 5.92 Å². The van der Waals surface area contributed by atoms with E-state index in [9.17, 15) is 4.79 Å². The first-order valence-electron chi connectivity index (χ1n) is 6.74. The molecule has 112 valence electrons. The molecule has 0 aromatic carbocycles. The summed E-state index contributed by atoms with van der Waals surface area (Å²) in [6, 6.07) is -0.366. The van der Waals surface area contributed by atoms with Crippen LogP contribution in [0.15, 0.2) is 10.8 Å². The van der Waals surface area contributed by atoms with Gasteiger partial charge in [-0.05, 0) is 35.7 Å². The molecule has 0 saturated heterocycles. The first-order valence-corrected chi connectivity index (χ1v) is 7.53. The maximum absolute atomic E-state index is 11.9. The molecule has 0 aliphatic heterocycles. The van der Waals surface area contributed by atoms with Crippen molar-refractivity contribution >= 4 is 33.5 Å².